The number of hydrogen-bond donors (Lipinski definition) is 7. The van der Waals surface area contributed by atoms with Crippen LogP contribution in [0.5, 0.6) is 0 Å². The van der Waals surface area contributed by atoms with Gasteiger partial charge in [0.25, 0.3) is 0 Å². The molecule has 0 bridgehead atoms. The molecule has 2 rings (SSSR count). The minimum absolute atomic E-state index is 0.0445. The second-order valence-corrected chi connectivity index (χ2v) is 13.8. The van der Waals surface area contributed by atoms with Crippen molar-refractivity contribution in [2.75, 3.05) is 13.1 Å². The third-order valence-electron chi connectivity index (χ3n) is 9.19. The Morgan fingerprint density at radius 1 is 0.740 bits per heavy atom. The van der Waals surface area contributed by atoms with Gasteiger partial charge >= 0.3 is 11.9 Å². The largest absolute Gasteiger partial charge is 0.481 e. The summed E-state index contributed by atoms with van der Waals surface area (Å²) < 4.78 is 0. The molecule has 0 unspecified atom stereocenters. The van der Waals surface area contributed by atoms with E-state index in [0.717, 1.165) is 0 Å². The highest BCUT2D eigenvalue weighted by Crippen LogP contribution is 2.23. The maximum Gasteiger partial charge on any atom is 0.325 e. The lowest BCUT2D eigenvalue weighted by molar-refractivity contribution is -0.145. The zero-order valence-corrected chi connectivity index (χ0v) is 29.9. The number of carbonyl (C=O) groups excluding carboxylic acids is 6. The van der Waals surface area contributed by atoms with E-state index in [1.54, 1.807) is 6.92 Å². The lowest BCUT2D eigenvalue weighted by atomic mass is 9.96. The highest BCUT2D eigenvalue weighted by molar-refractivity contribution is 5.97. The van der Waals surface area contributed by atoms with Crippen molar-refractivity contribution in [1.82, 2.24) is 31.1 Å². The van der Waals surface area contributed by atoms with Gasteiger partial charge in [-0.1, -0.05) is 34.1 Å². The molecule has 2 heterocycles. The first-order valence-electron chi connectivity index (χ1n) is 17.4. The summed E-state index contributed by atoms with van der Waals surface area (Å²) in [5, 5.41) is 29.0. The Labute approximate surface area is 292 Å². The number of nitrogens with one attached hydrogen (secondary N) is 4. The molecule has 2 aliphatic rings. The normalized spacial score (nSPS) is 21.0. The molecule has 0 aliphatic carbocycles. The number of nitrogens with zero attached hydrogens (tertiary/aromatic N) is 2. The molecule has 282 valence electrons. The molecule has 17 nitrogen and oxygen atoms in total. The van der Waals surface area contributed by atoms with Crippen LogP contribution in [0.3, 0.4) is 0 Å². The minimum atomic E-state index is -1.29. The van der Waals surface area contributed by atoms with E-state index in [4.69, 9.17) is 5.73 Å². The Morgan fingerprint density at radius 2 is 1.28 bits per heavy atom. The van der Waals surface area contributed by atoms with Crippen LogP contribution in [0.2, 0.25) is 0 Å². The van der Waals surface area contributed by atoms with Crippen LogP contribution < -0.4 is 27.0 Å². The van der Waals surface area contributed by atoms with E-state index in [2.05, 4.69) is 21.3 Å². The molecule has 0 spiro atoms. The zero-order valence-electron chi connectivity index (χ0n) is 29.9. The zero-order chi connectivity index (χ0) is 37.9. The standard InChI is InChI=1S/C33H55N7O10/c1-7-18(4)26(30(46)37-22(16-17(2)3)27(43)35-20(6)33(49)50)38-29(45)24-11-9-15-40(24)32(48)21(12-13-25(41)42)36-28(44)23-10-8-14-39(23)31(47)19(5)34/h17-24,26H,7-16,34H2,1-6H3,(H,35,43)(H,36,44)(H,37,46)(H,38,45)(H,41,42)(H,49,50)/t18-,19-,20-,21-,22-,23-,24-,26-/m0/s1. The van der Waals surface area contributed by atoms with Gasteiger partial charge in [0.1, 0.15) is 36.3 Å². The Kier molecular flexibility index (Phi) is 16.1. The van der Waals surface area contributed by atoms with E-state index in [1.807, 2.05) is 20.8 Å². The van der Waals surface area contributed by atoms with E-state index in [-0.39, 0.29) is 31.7 Å². The molecular weight excluding hydrogens is 654 g/mol. The van der Waals surface area contributed by atoms with Gasteiger partial charge in [-0.3, -0.25) is 38.4 Å². The molecular formula is C33H55N7O10. The summed E-state index contributed by atoms with van der Waals surface area (Å²) in [7, 11) is 0. The molecule has 0 aromatic rings. The molecule has 2 fully saturated rings. The van der Waals surface area contributed by atoms with Crippen molar-refractivity contribution >= 4 is 47.4 Å². The SMILES string of the molecule is CC[C@H](C)[C@H](NC(=O)[C@@H]1CCCN1C(=O)[C@H](CCC(=O)O)NC(=O)[C@@H]1CCCN1C(=O)[C@H](C)N)C(=O)N[C@@H](CC(C)C)C(=O)N[C@@H](C)C(=O)O. The molecule has 2 saturated heterocycles. The number of carboxylic acid groups (broad SMARTS) is 2. The van der Waals surface area contributed by atoms with E-state index in [1.165, 1.54) is 23.6 Å². The van der Waals surface area contributed by atoms with Crippen LogP contribution in [0.1, 0.15) is 92.9 Å². The molecule has 50 heavy (non-hydrogen) atoms. The fourth-order valence-electron chi connectivity index (χ4n) is 6.15. The van der Waals surface area contributed by atoms with Crippen LogP contribution in [0, 0.1) is 11.8 Å². The average Bonchev–Trinajstić information content (AvgIpc) is 3.74. The van der Waals surface area contributed by atoms with Crippen molar-refractivity contribution in [2.24, 2.45) is 17.6 Å². The second-order valence-electron chi connectivity index (χ2n) is 13.8. The summed E-state index contributed by atoms with van der Waals surface area (Å²) in [6.45, 7) is 10.5. The van der Waals surface area contributed by atoms with E-state index >= 15 is 0 Å². The Morgan fingerprint density at radius 3 is 1.76 bits per heavy atom. The summed E-state index contributed by atoms with van der Waals surface area (Å²) in [4.78, 5) is 105. The van der Waals surface area contributed by atoms with Gasteiger partial charge in [0.15, 0.2) is 0 Å². The van der Waals surface area contributed by atoms with Crippen LogP contribution in [-0.2, 0) is 38.4 Å². The number of carbonyl (C=O) groups is 8. The fraction of sp³-hybridized carbons (Fsp3) is 0.758. The maximum atomic E-state index is 13.9. The van der Waals surface area contributed by atoms with Crippen molar-refractivity contribution in [2.45, 2.75) is 135 Å². The number of nitrogens with two attached hydrogens (primary N) is 1. The Balaban J connectivity index is 2.25. The van der Waals surface area contributed by atoms with Crippen LogP contribution in [0.25, 0.3) is 0 Å². The molecule has 0 aromatic carbocycles. The van der Waals surface area contributed by atoms with Gasteiger partial charge in [0.05, 0.1) is 6.04 Å². The predicted octanol–water partition coefficient (Wildman–Crippen LogP) is -0.684. The van der Waals surface area contributed by atoms with Crippen LogP contribution in [0.4, 0.5) is 0 Å². The Bertz CT molecular complexity index is 1280. The third kappa shape index (κ3) is 11.7. The van der Waals surface area contributed by atoms with Crippen molar-refractivity contribution < 1.29 is 48.6 Å². The number of aliphatic carboxylic acids is 2. The Hall–Kier alpha value is -4.28. The number of rotatable bonds is 18. The predicted molar refractivity (Wildman–Crippen MR) is 180 cm³/mol. The first-order valence-corrected chi connectivity index (χ1v) is 17.4. The summed E-state index contributed by atoms with van der Waals surface area (Å²) >= 11 is 0. The molecule has 0 saturated carbocycles. The van der Waals surface area contributed by atoms with Crippen molar-refractivity contribution in [3.63, 3.8) is 0 Å². The van der Waals surface area contributed by atoms with Gasteiger partial charge in [0, 0.05) is 19.5 Å². The molecule has 2 aliphatic heterocycles. The molecule has 0 aromatic heterocycles. The lowest BCUT2D eigenvalue weighted by Gasteiger charge is -2.32. The van der Waals surface area contributed by atoms with Gasteiger partial charge < -0.3 is 47.0 Å². The van der Waals surface area contributed by atoms with Gasteiger partial charge in [-0.15, -0.1) is 0 Å². The monoisotopic (exact) mass is 709 g/mol. The van der Waals surface area contributed by atoms with Crippen LogP contribution in [-0.4, -0.2) is 123 Å². The van der Waals surface area contributed by atoms with Crippen molar-refractivity contribution in [3.05, 3.63) is 0 Å². The van der Waals surface area contributed by atoms with Crippen LogP contribution >= 0.6 is 0 Å². The van der Waals surface area contributed by atoms with Crippen LogP contribution in [0.15, 0.2) is 0 Å². The molecule has 6 amide bonds. The van der Waals surface area contributed by atoms with E-state index in [9.17, 15) is 48.6 Å². The van der Waals surface area contributed by atoms with E-state index < -0.39 is 102 Å². The van der Waals surface area contributed by atoms with Crippen molar-refractivity contribution in [1.29, 1.82) is 0 Å². The highest BCUT2D eigenvalue weighted by Gasteiger charge is 2.42. The molecule has 8 atom stereocenters. The van der Waals surface area contributed by atoms with Crippen molar-refractivity contribution in [3.8, 4) is 0 Å². The van der Waals surface area contributed by atoms with Gasteiger partial charge in [0.2, 0.25) is 35.4 Å². The lowest BCUT2D eigenvalue weighted by Crippen LogP contribution is -2.60. The topological polar surface area (TPSA) is 258 Å². The maximum absolute atomic E-state index is 13.9. The fourth-order valence-corrected chi connectivity index (χ4v) is 6.15. The summed E-state index contributed by atoms with van der Waals surface area (Å²) in [5.41, 5.74) is 5.75. The average molecular weight is 710 g/mol. The minimum Gasteiger partial charge on any atom is -0.481 e. The number of hydrogen-bond acceptors (Lipinski definition) is 9. The van der Waals surface area contributed by atoms with Gasteiger partial charge in [-0.25, -0.2) is 0 Å². The smallest absolute Gasteiger partial charge is 0.325 e. The number of amides is 6. The quantitative estimate of drug-likeness (QED) is 0.0938. The first-order chi connectivity index (χ1) is 23.4. The molecule has 0 radical (unpaired) electrons. The van der Waals surface area contributed by atoms with E-state index in [0.29, 0.717) is 32.2 Å². The highest BCUT2D eigenvalue weighted by atomic mass is 16.4. The third-order valence-corrected chi connectivity index (χ3v) is 9.19. The molecule has 17 heteroatoms. The molecule has 8 N–H and O–H groups in total. The number of likely N-dealkylation sites (tertiary alicyclic amines) is 2. The summed E-state index contributed by atoms with van der Waals surface area (Å²) in [6, 6.07) is -7.41. The number of carboxylic acids is 2. The van der Waals surface area contributed by atoms with Gasteiger partial charge in [-0.05, 0) is 64.2 Å². The summed E-state index contributed by atoms with van der Waals surface area (Å²) in [5.74, 6) is -6.54. The van der Waals surface area contributed by atoms with Gasteiger partial charge in [-0.2, -0.15) is 0 Å². The first kappa shape index (κ1) is 41.9. The second kappa shape index (κ2) is 19.2. The summed E-state index contributed by atoms with van der Waals surface area (Å²) in [6.07, 6.45) is 1.55.